The van der Waals surface area contributed by atoms with Gasteiger partial charge in [-0.2, -0.15) is 13.2 Å². The van der Waals surface area contributed by atoms with Gasteiger partial charge in [0.05, 0.1) is 17.2 Å². The van der Waals surface area contributed by atoms with Gasteiger partial charge in [-0.3, -0.25) is 4.79 Å². The van der Waals surface area contributed by atoms with Crippen LogP contribution in [0, 0.1) is 12.7 Å². The fourth-order valence-corrected chi connectivity index (χ4v) is 4.98. The molecule has 14 heteroatoms. The summed E-state index contributed by atoms with van der Waals surface area (Å²) in [6.45, 7) is 9.53. The fourth-order valence-electron chi connectivity index (χ4n) is 4.21. The number of carbonyl (C=O) groups excluding carboxylic acids is 2. The number of rotatable bonds is 6. The molecule has 0 unspecified atom stereocenters. The summed E-state index contributed by atoms with van der Waals surface area (Å²) in [4.78, 5) is 39.0. The monoisotopic (exact) mass is 609 g/mol. The molecule has 9 nitrogen and oxygen atoms in total. The molecular weight excluding hydrogens is 578 g/mol. The predicted molar refractivity (Wildman–Crippen MR) is 147 cm³/mol. The fraction of sp³-hybridized carbons (Fsp3) is 0.464. The van der Waals surface area contributed by atoms with Gasteiger partial charge in [0, 0.05) is 55.0 Å². The van der Waals surface area contributed by atoms with Gasteiger partial charge in [-0.15, -0.1) is 11.3 Å². The summed E-state index contributed by atoms with van der Waals surface area (Å²) in [5.74, 6) is -2.68. The largest absolute Gasteiger partial charge is 0.490 e. The number of benzene rings is 1. The first-order chi connectivity index (χ1) is 19.6. The Bertz CT molecular complexity index is 1430. The van der Waals surface area contributed by atoms with Crippen LogP contribution in [0.25, 0.3) is 10.6 Å². The highest BCUT2D eigenvalue weighted by Crippen LogP contribution is 2.34. The number of piperidine rings is 1. The number of ether oxygens (including phenoxy) is 2. The van der Waals surface area contributed by atoms with E-state index in [1.54, 1.807) is 31.9 Å². The summed E-state index contributed by atoms with van der Waals surface area (Å²) in [7, 11) is 0. The molecule has 4 rings (SSSR count). The Kier molecular flexibility index (Phi) is 9.04. The minimum Gasteiger partial charge on any atom is -0.490 e. The van der Waals surface area contributed by atoms with E-state index < -0.39 is 41.5 Å². The second-order valence-electron chi connectivity index (χ2n) is 10.9. The van der Waals surface area contributed by atoms with Crippen LogP contribution in [0.2, 0.25) is 0 Å². The lowest BCUT2D eigenvalue weighted by Crippen LogP contribution is -2.44. The standard InChI is InChI=1S/C28H31F4N5O4S/c1-15-12-33-24(42-15)21-11-19(40-18-6-8-37(9-7-18)26(39)41-27(3,4)5)10-20(22(21)29)23(38)36-16(2)17-13-34-25(35-14-17)28(30,31)32/h10-14,16,18H,6-9H2,1-5H3,(H,36,38)/t16-/m1/s1. The molecule has 0 bridgehead atoms. The highest BCUT2D eigenvalue weighted by Gasteiger charge is 2.34. The molecule has 1 atom stereocenters. The van der Waals surface area contributed by atoms with Crippen molar-refractivity contribution in [3.8, 4) is 16.3 Å². The van der Waals surface area contributed by atoms with E-state index in [2.05, 4.69) is 20.3 Å². The highest BCUT2D eigenvalue weighted by molar-refractivity contribution is 7.14. The number of nitrogens with zero attached hydrogens (tertiary/aromatic N) is 4. The molecule has 0 spiro atoms. The maximum absolute atomic E-state index is 15.7. The number of amides is 2. The number of hydrogen-bond donors (Lipinski definition) is 1. The Morgan fingerprint density at radius 1 is 1.07 bits per heavy atom. The molecule has 0 saturated carbocycles. The molecule has 1 aliphatic heterocycles. The van der Waals surface area contributed by atoms with Gasteiger partial charge in [-0.1, -0.05) is 0 Å². The molecule has 1 aromatic carbocycles. The Morgan fingerprint density at radius 2 is 1.71 bits per heavy atom. The first-order valence-corrected chi connectivity index (χ1v) is 14.0. The summed E-state index contributed by atoms with van der Waals surface area (Å²) in [5, 5.41) is 2.95. The zero-order valence-electron chi connectivity index (χ0n) is 23.7. The van der Waals surface area contributed by atoms with E-state index in [9.17, 15) is 22.8 Å². The van der Waals surface area contributed by atoms with Crippen LogP contribution in [0.3, 0.4) is 0 Å². The van der Waals surface area contributed by atoms with Crippen molar-refractivity contribution in [1.29, 1.82) is 0 Å². The van der Waals surface area contributed by atoms with E-state index >= 15 is 4.39 Å². The Labute approximate surface area is 244 Å². The third-order valence-corrected chi connectivity index (χ3v) is 7.26. The number of likely N-dealkylation sites (tertiary alicyclic amines) is 1. The van der Waals surface area contributed by atoms with Crippen LogP contribution in [-0.2, 0) is 10.9 Å². The average molecular weight is 610 g/mol. The van der Waals surface area contributed by atoms with Gasteiger partial charge in [0.15, 0.2) is 0 Å². The normalized spacial score (nSPS) is 15.3. The summed E-state index contributed by atoms with van der Waals surface area (Å²) >= 11 is 1.25. The van der Waals surface area contributed by atoms with Crippen molar-refractivity contribution in [1.82, 2.24) is 25.2 Å². The molecular formula is C28H31F4N5O4S. The van der Waals surface area contributed by atoms with Gasteiger partial charge in [0.2, 0.25) is 5.82 Å². The van der Waals surface area contributed by atoms with Crippen LogP contribution in [0.1, 0.15) is 73.2 Å². The molecule has 2 amide bonds. The van der Waals surface area contributed by atoms with Gasteiger partial charge in [0.1, 0.15) is 28.3 Å². The molecule has 3 aromatic rings. The molecule has 1 fully saturated rings. The van der Waals surface area contributed by atoms with Crippen LogP contribution in [0.15, 0.2) is 30.7 Å². The van der Waals surface area contributed by atoms with Crippen LogP contribution < -0.4 is 10.1 Å². The second-order valence-corrected chi connectivity index (χ2v) is 12.2. The van der Waals surface area contributed by atoms with Gasteiger partial charge in [-0.05, 0) is 46.8 Å². The molecule has 1 saturated heterocycles. The van der Waals surface area contributed by atoms with Crippen molar-refractivity contribution in [2.45, 2.75) is 71.4 Å². The lowest BCUT2D eigenvalue weighted by molar-refractivity contribution is -0.145. The Morgan fingerprint density at radius 3 is 2.26 bits per heavy atom. The van der Waals surface area contributed by atoms with Crippen molar-refractivity contribution < 1.29 is 36.6 Å². The minimum atomic E-state index is -4.70. The minimum absolute atomic E-state index is 0.0763. The quantitative estimate of drug-likeness (QED) is 0.325. The van der Waals surface area contributed by atoms with Crippen LogP contribution in [0.5, 0.6) is 5.75 Å². The predicted octanol–water partition coefficient (Wildman–Crippen LogP) is 6.34. The maximum Gasteiger partial charge on any atom is 0.451 e. The molecule has 2 aromatic heterocycles. The topological polar surface area (TPSA) is 107 Å². The number of carbonyl (C=O) groups is 2. The Balaban J connectivity index is 1.53. The number of halogens is 4. The number of thiazole rings is 1. The zero-order chi connectivity index (χ0) is 30.8. The van der Waals surface area contributed by atoms with Gasteiger partial charge in [0.25, 0.3) is 5.91 Å². The number of hydrogen-bond acceptors (Lipinski definition) is 8. The summed E-state index contributed by atoms with van der Waals surface area (Å²) in [6, 6.07) is 1.94. The molecule has 1 N–H and O–H groups in total. The third kappa shape index (κ3) is 7.72. The van der Waals surface area contributed by atoms with Gasteiger partial charge >= 0.3 is 12.3 Å². The molecule has 226 valence electrons. The van der Waals surface area contributed by atoms with Gasteiger partial charge < -0.3 is 19.7 Å². The number of aryl methyl sites for hydroxylation is 1. The number of nitrogens with one attached hydrogen (secondary N) is 1. The molecule has 3 heterocycles. The molecule has 1 aliphatic rings. The van der Waals surface area contributed by atoms with Crippen LogP contribution >= 0.6 is 11.3 Å². The van der Waals surface area contributed by atoms with Crippen molar-refractivity contribution in [2.75, 3.05) is 13.1 Å². The third-order valence-electron chi connectivity index (χ3n) is 6.31. The van der Waals surface area contributed by atoms with Crippen molar-refractivity contribution >= 4 is 23.3 Å². The van der Waals surface area contributed by atoms with E-state index in [4.69, 9.17) is 9.47 Å². The second kappa shape index (κ2) is 12.2. The van der Waals surface area contributed by atoms with Crippen molar-refractivity contribution in [3.05, 3.63) is 58.4 Å². The lowest BCUT2D eigenvalue weighted by Gasteiger charge is -2.33. The highest BCUT2D eigenvalue weighted by atomic mass is 32.1. The average Bonchev–Trinajstić information content (AvgIpc) is 3.34. The SMILES string of the molecule is Cc1cnc(-c2cc(OC3CCN(C(=O)OC(C)(C)C)CC3)cc(C(=O)N[C@H](C)c3cnc(C(F)(F)F)nc3)c2F)s1. The summed E-state index contributed by atoms with van der Waals surface area (Å²) < 4.78 is 65.8. The summed E-state index contributed by atoms with van der Waals surface area (Å²) in [5.41, 5.74) is -0.651. The van der Waals surface area contributed by atoms with E-state index in [1.807, 2.05) is 6.92 Å². The van der Waals surface area contributed by atoms with Crippen molar-refractivity contribution in [2.24, 2.45) is 0 Å². The first-order valence-electron chi connectivity index (χ1n) is 13.2. The smallest absolute Gasteiger partial charge is 0.451 e. The van der Waals surface area contributed by atoms with E-state index in [-0.39, 0.29) is 28.5 Å². The zero-order valence-corrected chi connectivity index (χ0v) is 24.5. The van der Waals surface area contributed by atoms with Gasteiger partial charge in [-0.25, -0.2) is 24.1 Å². The molecule has 0 radical (unpaired) electrons. The molecule has 0 aliphatic carbocycles. The number of aromatic nitrogens is 3. The number of alkyl halides is 3. The summed E-state index contributed by atoms with van der Waals surface area (Å²) in [6.07, 6.45) is -0.912. The first kappa shape index (κ1) is 31.1. The van der Waals surface area contributed by atoms with Crippen LogP contribution in [0.4, 0.5) is 22.4 Å². The maximum atomic E-state index is 15.7. The van der Waals surface area contributed by atoms with Crippen molar-refractivity contribution in [3.63, 3.8) is 0 Å². The lowest BCUT2D eigenvalue weighted by atomic mass is 10.1. The van der Waals surface area contributed by atoms with E-state index in [0.717, 1.165) is 17.3 Å². The van der Waals surface area contributed by atoms with E-state index in [1.165, 1.54) is 30.4 Å². The molecule has 42 heavy (non-hydrogen) atoms. The van der Waals surface area contributed by atoms with Crippen LogP contribution in [-0.4, -0.2) is 56.6 Å². The van der Waals surface area contributed by atoms with E-state index in [0.29, 0.717) is 30.9 Å². The Hall–Kier alpha value is -3.81.